The fourth-order valence-corrected chi connectivity index (χ4v) is 2.24. The van der Waals surface area contributed by atoms with Gasteiger partial charge in [0.1, 0.15) is 5.82 Å². The van der Waals surface area contributed by atoms with Crippen LogP contribution in [0, 0.1) is 5.82 Å². The molecular weight excluding hydrogens is 285 g/mol. The van der Waals surface area contributed by atoms with Crippen molar-refractivity contribution in [3.8, 4) is 0 Å². The lowest BCUT2D eigenvalue weighted by Crippen LogP contribution is -2.34. The van der Waals surface area contributed by atoms with Gasteiger partial charge >= 0.3 is 0 Å². The summed E-state index contributed by atoms with van der Waals surface area (Å²) in [4.78, 5) is 2.22. The fourth-order valence-electron chi connectivity index (χ4n) is 1.79. The molecule has 1 aromatic rings. The first kappa shape index (κ1) is 14.5. The van der Waals surface area contributed by atoms with Crippen LogP contribution in [-0.2, 0) is 10.1 Å². The third-order valence-corrected chi connectivity index (χ3v) is 3.26. The van der Waals surface area contributed by atoms with Gasteiger partial charge in [-0.2, -0.15) is 0 Å². The molecule has 0 aliphatic heterocycles. The zero-order valence-corrected chi connectivity index (χ0v) is 12.1. The van der Waals surface area contributed by atoms with Gasteiger partial charge in [-0.15, -0.1) is 0 Å². The molecule has 1 rings (SSSR count). The second-order valence-electron chi connectivity index (χ2n) is 4.19. The van der Waals surface area contributed by atoms with Crippen LogP contribution in [0.4, 0.5) is 10.1 Å². The van der Waals surface area contributed by atoms with E-state index in [-0.39, 0.29) is 5.82 Å². The number of nitrogens with zero attached hydrogens (tertiary/aromatic N) is 1. The van der Waals surface area contributed by atoms with Crippen molar-refractivity contribution in [2.45, 2.75) is 25.2 Å². The highest BCUT2D eigenvalue weighted by Gasteiger charge is 2.14. The Labute approximate surface area is 111 Å². The van der Waals surface area contributed by atoms with Crippen LogP contribution < -0.4 is 4.90 Å². The molecule has 4 heteroatoms. The van der Waals surface area contributed by atoms with E-state index < -0.39 is 0 Å². The van der Waals surface area contributed by atoms with E-state index in [0.717, 1.165) is 17.8 Å². The van der Waals surface area contributed by atoms with E-state index in [1.807, 2.05) is 6.07 Å². The van der Waals surface area contributed by atoms with Crippen molar-refractivity contribution >= 4 is 21.6 Å². The molecule has 0 aliphatic carbocycles. The van der Waals surface area contributed by atoms with Crippen molar-refractivity contribution in [1.82, 2.24) is 0 Å². The van der Waals surface area contributed by atoms with Crippen molar-refractivity contribution in [2.24, 2.45) is 0 Å². The number of benzene rings is 1. The van der Waals surface area contributed by atoms with Gasteiger partial charge < -0.3 is 9.64 Å². The predicted octanol–water partition coefficient (Wildman–Crippen LogP) is 3.58. The Morgan fingerprint density at radius 3 is 2.65 bits per heavy atom. The van der Waals surface area contributed by atoms with Gasteiger partial charge in [-0.3, -0.25) is 0 Å². The number of anilines is 1. The van der Waals surface area contributed by atoms with Gasteiger partial charge in [0.15, 0.2) is 0 Å². The number of rotatable bonds is 6. The minimum absolute atomic E-state index is 0.196. The monoisotopic (exact) mass is 303 g/mol. The first-order valence-corrected chi connectivity index (χ1v) is 6.82. The number of methoxy groups -OCH3 is 1. The van der Waals surface area contributed by atoms with Gasteiger partial charge in [0.2, 0.25) is 0 Å². The minimum atomic E-state index is -0.196. The summed E-state index contributed by atoms with van der Waals surface area (Å²) in [6.07, 6.45) is 0. The predicted molar refractivity (Wildman–Crippen MR) is 73.4 cm³/mol. The number of hydrogen-bond acceptors (Lipinski definition) is 2. The second kappa shape index (κ2) is 6.97. The first-order valence-electron chi connectivity index (χ1n) is 5.70. The van der Waals surface area contributed by atoms with Crippen molar-refractivity contribution in [1.29, 1.82) is 0 Å². The van der Waals surface area contributed by atoms with Gasteiger partial charge in [0, 0.05) is 30.7 Å². The minimum Gasteiger partial charge on any atom is -0.383 e. The highest BCUT2D eigenvalue weighted by atomic mass is 79.9. The second-order valence-corrected chi connectivity index (χ2v) is 4.75. The summed E-state index contributed by atoms with van der Waals surface area (Å²) in [7, 11) is 1.69. The summed E-state index contributed by atoms with van der Waals surface area (Å²) in [5, 5.41) is 0.649. The lowest BCUT2D eigenvalue weighted by atomic mass is 10.1. The molecule has 0 fully saturated rings. The molecule has 0 bridgehead atoms. The lowest BCUT2D eigenvalue weighted by Gasteiger charge is -2.30. The topological polar surface area (TPSA) is 12.5 Å². The van der Waals surface area contributed by atoms with E-state index in [1.54, 1.807) is 13.2 Å². The van der Waals surface area contributed by atoms with Gasteiger partial charge in [-0.25, -0.2) is 4.39 Å². The molecule has 17 heavy (non-hydrogen) atoms. The van der Waals surface area contributed by atoms with Crippen molar-refractivity contribution < 1.29 is 9.13 Å². The normalized spacial score (nSPS) is 10.9. The standard InChI is InChI=1S/C13H19BrFNO/c1-10(2)16(6-7-17-3)13-5-4-12(15)8-11(13)9-14/h4-5,8,10H,6-7,9H2,1-3H3. The average Bonchev–Trinajstić information content (AvgIpc) is 2.30. The highest BCUT2D eigenvalue weighted by Crippen LogP contribution is 2.25. The third kappa shape index (κ3) is 3.96. The number of halogens is 2. The Bertz CT molecular complexity index is 357. The molecule has 0 N–H and O–H groups in total. The molecule has 1 aromatic carbocycles. The molecule has 0 saturated carbocycles. The summed E-state index contributed by atoms with van der Waals surface area (Å²) < 4.78 is 18.3. The number of ether oxygens (including phenoxy) is 1. The molecule has 0 heterocycles. The van der Waals surface area contributed by atoms with Crippen LogP contribution in [0.15, 0.2) is 18.2 Å². The van der Waals surface area contributed by atoms with E-state index in [4.69, 9.17) is 4.74 Å². The number of alkyl halides is 1. The van der Waals surface area contributed by atoms with Gasteiger partial charge in [-0.05, 0) is 37.6 Å². The first-order chi connectivity index (χ1) is 8.10. The maximum atomic E-state index is 13.2. The number of hydrogen-bond donors (Lipinski definition) is 0. The van der Waals surface area contributed by atoms with Crippen LogP contribution >= 0.6 is 15.9 Å². The van der Waals surface area contributed by atoms with Crippen molar-refractivity contribution in [3.05, 3.63) is 29.6 Å². The molecule has 2 nitrogen and oxygen atoms in total. The Morgan fingerprint density at radius 1 is 1.41 bits per heavy atom. The Kier molecular flexibility index (Phi) is 5.92. The Hall–Kier alpha value is -0.610. The van der Waals surface area contributed by atoms with Crippen LogP contribution in [0.25, 0.3) is 0 Å². The van der Waals surface area contributed by atoms with Crippen molar-refractivity contribution in [3.63, 3.8) is 0 Å². The van der Waals surface area contributed by atoms with Gasteiger partial charge in [0.25, 0.3) is 0 Å². The molecule has 0 atom stereocenters. The Balaban J connectivity index is 3.00. The zero-order valence-electron chi connectivity index (χ0n) is 10.5. The zero-order chi connectivity index (χ0) is 12.8. The summed E-state index contributed by atoms with van der Waals surface area (Å²) in [6, 6.07) is 5.27. The van der Waals surface area contributed by atoms with Crippen LogP contribution in [0.1, 0.15) is 19.4 Å². The maximum Gasteiger partial charge on any atom is 0.123 e. The maximum absolute atomic E-state index is 13.2. The van der Waals surface area contributed by atoms with E-state index in [2.05, 4.69) is 34.7 Å². The SMILES string of the molecule is COCCN(c1ccc(F)cc1CBr)C(C)C. The molecular formula is C13H19BrFNO. The molecule has 0 amide bonds. The fraction of sp³-hybridized carbons (Fsp3) is 0.538. The summed E-state index contributed by atoms with van der Waals surface area (Å²) in [5.41, 5.74) is 2.03. The van der Waals surface area contributed by atoms with E-state index in [1.165, 1.54) is 6.07 Å². The van der Waals surface area contributed by atoms with Crippen LogP contribution in [-0.4, -0.2) is 26.3 Å². The van der Waals surface area contributed by atoms with E-state index in [0.29, 0.717) is 18.0 Å². The molecule has 0 unspecified atom stereocenters. The summed E-state index contributed by atoms with van der Waals surface area (Å²) >= 11 is 3.40. The highest BCUT2D eigenvalue weighted by molar-refractivity contribution is 9.08. The van der Waals surface area contributed by atoms with Crippen LogP contribution in [0.2, 0.25) is 0 Å². The molecule has 0 aliphatic rings. The lowest BCUT2D eigenvalue weighted by molar-refractivity contribution is 0.204. The summed E-state index contributed by atoms with van der Waals surface area (Å²) in [5.74, 6) is -0.196. The summed E-state index contributed by atoms with van der Waals surface area (Å²) in [6.45, 7) is 5.71. The molecule has 96 valence electrons. The largest absolute Gasteiger partial charge is 0.383 e. The van der Waals surface area contributed by atoms with E-state index in [9.17, 15) is 4.39 Å². The molecule has 0 radical (unpaired) electrons. The van der Waals surface area contributed by atoms with Crippen LogP contribution in [0.3, 0.4) is 0 Å². The van der Waals surface area contributed by atoms with E-state index >= 15 is 0 Å². The smallest absolute Gasteiger partial charge is 0.123 e. The molecule has 0 spiro atoms. The molecule has 0 aromatic heterocycles. The average molecular weight is 304 g/mol. The quantitative estimate of drug-likeness (QED) is 0.745. The molecule has 0 saturated heterocycles. The Morgan fingerprint density at radius 2 is 2.12 bits per heavy atom. The van der Waals surface area contributed by atoms with Gasteiger partial charge in [-0.1, -0.05) is 15.9 Å². The van der Waals surface area contributed by atoms with Gasteiger partial charge in [0.05, 0.1) is 6.61 Å². The van der Waals surface area contributed by atoms with Crippen molar-refractivity contribution in [2.75, 3.05) is 25.2 Å². The van der Waals surface area contributed by atoms with Crippen LogP contribution in [0.5, 0.6) is 0 Å². The third-order valence-electron chi connectivity index (χ3n) is 2.65.